The van der Waals surface area contributed by atoms with Crippen LogP contribution in [0, 0.1) is 0 Å². The predicted molar refractivity (Wildman–Crippen MR) is 327 cm³/mol. The van der Waals surface area contributed by atoms with Gasteiger partial charge in [0, 0.05) is 6.42 Å². The lowest BCUT2D eigenvalue weighted by Crippen LogP contribution is -2.65. The fourth-order valence-corrected chi connectivity index (χ4v) is 10.5. The average Bonchev–Trinajstić information content (AvgIpc) is 3.47. The van der Waals surface area contributed by atoms with Crippen molar-refractivity contribution in [2.24, 2.45) is 0 Å². The third-order valence-corrected chi connectivity index (χ3v) is 15.7. The molecule has 0 aromatic heterocycles. The highest BCUT2D eigenvalue weighted by molar-refractivity contribution is 5.76. The number of hydrogen-bond donors (Lipinski definition) is 9. The lowest BCUT2D eigenvalue weighted by Gasteiger charge is -2.46. The smallest absolute Gasteiger partial charge is 0.220 e. The van der Waals surface area contributed by atoms with E-state index in [4.69, 9.17) is 18.9 Å². The van der Waals surface area contributed by atoms with Crippen LogP contribution in [0.5, 0.6) is 0 Å². The summed E-state index contributed by atoms with van der Waals surface area (Å²) in [6.07, 6.45) is 51.8. The number of ether oxygens (including phenoxy) is 4. The second kappa shape index (κ2) is 51.8. The molecule has 2 aliphatic heterocycles. The van der Waals surface area contributed by atoms with Gasteiger partial charge in [-0.05, 0) is 64.2 Å². The molecule has 12 atom stereocenters. The van der Waals surface area contributed by atoms with E-state index in [0.29, 0.717) is 12.8 Å². The van der Waals surface area contributed by atoms with Gasteiger partial charge in [-0.1, -0.05) is 254 Å². The SMILES string of the molecule is CC/C=C\C/C=C\C/C=C\C/C=C\C/C=C\C/C=C\CCCCCCCCC(=O)NC(COC1OC(CO)C(OC2OC(CO)C(O)C(O)C2O)C(O)C1O)C(O)CCCCCCCCCCCCCCCCCCCCCCCC. The van der Waals surface area contributed by atoms with Gasteiger partial charge in [0.25, 0.3) is 0 Å². The number of amides is 1. The Hall–Kier alpha value is -2.57. The van der Waals surface area contributed by atoms with Gasteiger partial charge in [-0.2, -0.15) is 0 Å². The van der Waals surface area contributed by atoms with Crippen LogP contribution in [0.3, 0.4) is 0 Å². The first kappa shape index (κ1) is 74.5. The van der Waals surface area contributed by atoms with Crippen molar-refractivity contribution in [3.05, 3.63) is 72.9 Å². The molecule has 14 nitrogen and oxygen atoms in total. The number of nitrogens with one attached hydrogen (secondary N) is 1. The Morgan fingerprint density at radius 1 is 0.457 bits per heavy atom. The zero-order valence-corrected chi connectivity index (χ0v) is 50.8. The molecule has 81 heavy (non-hydrogen) atoms. The van der Waals surface area contributed by atoms with E-state index in [-0.39, 0.29) is 18.9 Å². The van der Waals surface area contributed by atoms with Gasteiger partial charge >= 0.3 is 0 Å². The molecule has 0 aromatic rings. The standard InChI is InChI=1S/C67H119NO13/c1-3-5-7-9-11-13-15-17-19-21-23-25-27-28-29-31-33-35-37-39-41-43-45-47-49-51-59(72)68-55(54-78-66-64(77)62(75)65(58(53-70)80-66)81-67-63(76)61(74)60(73)57(52-69)79-67)56(71)50-48-46-44-42-40-38-36-34-32-30-26-24-22-20-18-16-14-12-10-8-6-4-2/h5,7,11,13,17,19,23,25,28-29,33,35,55-58,60-67,69-71,73-77H,3-4,6,8-10,12,14-16,18,20-22,24,26-27,30-32,34,36-54H2,1-2H3,(H,68,72)/b7-5-,13-11-,19-17-,25-23-,29-28-,35-33-. The number of rotatable bonds is 52. The average molecular weight is 1150 g/mol. The normalized spacial score (nSPS) is 24.6. The zero-order chi connectivity index (χ0) is 58.8. The summed E-state index contributed by atoms with van der Waals surface area (Å²) >= 11 is 0. The molecular weight excluding hydrogens is 1030 g/mol. The van der Waals surface area contributed by atoms with Crippen molar-refractivity contribution < 1.29 is 64.6 Å². The molecule has 14 heteroatoms. The van der Waals surface area contributed by atoms with Gasteiger partial charge in [-0.25, -0.2) is 0 Å². The molecule has 2 aliphatic rings. The van der Waals surface area contributed by atoms with Crippen molar-refractivity contribution in [3.63, 3.8) is 0 Å². The monoisotopic (exact) mass is 1150 g/mol. The first-order chi connectivity index (χ1) is 39.6. The topological polar surface area (TPSA) is 228 Å². The molecule has 0 radical (unpaired) electrons. The second-order valence-corrected chi connectivity index (χ2v) is 22.9. The molecule has 0 aromatic carbocycles. The molecule has 0 bridgehead atoms. The minimum Gasteiger partial charge on any atom is -0.394 e. The first-order valence-corrected chi connectivity index (χ1v) is 32.7. The molecule has 2 heterocycles. The number of allylic oxidation sites excluding steroid dienone is 12. The Morgan fingerprint density at radius 2 is 0.852 bits per heavy atom. The number of hydrogen-bond acceptors (Lipinski definition) is 13. The number of aliphatic hydroxyl groups excluding tert-OH is 8. The summed E-state index contributed by atoms with van der Waals surface area (Å²) in [5, 5.41) is 87.5. The maximum Gasteiger partial charge on any atom is 0.220 e. The summed E-state index contributed by atoms with van der Waals surface area (Å²) in [6.45, 7) is 2.76. The summed E-state index contributed by atoms with van der Waals surface area (Å²) < 4.78 is 22.9. The summed E-state index contributed by atoms with van der Waals surface area (Å²) in [6, 6.07) is -0.843. The van der Waals surface area contributed by atoms with Gasteiger partial charge in [0.15, 0.2) is 12.6 Å². The molecule has 0 saturated carbocycles. The van der Waals surface area contributed by atoms with E-state index in [2.05, 4.69) is 92.1 Å². The highest BCUT2D eigenvalue weighted by Crippen LogP contribution is 2.30. The van der Waals surface area contributed by atoms with Crippen LogP contribution in [0.2, 0.25) is 0 Å². The molecule has 9 N–H and O–H groups in total. The minimum atomic E-state index is -1.79. The summed E-state index contributed by atoms with van der Waals surface area (Å²) in [4.78, 5) is 13.3. The number of unbranched alkanes of at least 4 members (excludes halogenated alkanes) is 27. The third-order valence-electron chi connectivity index (χ3n) is 15.7. The van der Waals surface area contributed by atoms with E-state index >= 15 is 0 Å². The summed E-state index contributed by atoms with van der Waals surface area (Å²) in [7, 11) is 0. The van der Waals surface area contributed by atoms with E-state index in [0.717, 1.165) is 103 Å². The third kappa shape index (κ3) is 36.8. The molecule has 0 aliphatic carbocycles. The van der Waals surface area contributed by atoms with E-state index in [1.807, 2.05) is 0 Å². The highest BCUT2D eigenvalue weighted by Gasteiger charge is 2.51. The maximum atomic E-state index is 13.3. The largest absolute Gasteiger partial charge is 0.394 e. The fourth-order valence-electron chi connectivity index (χ4n) is 10.5. The quantitative estimate of drug-likeness (QED) is 0.0204. The van der Waals surface area contributed by atoms with Gasteiger partial charge in [0.05, 0.1) is 32.0 Å². The Bertz CT molecular complexity index is 1630. The van der Waals surface area contributed by atoms with Crippen molar-refractivity contribution >= 4 is 5.91 Å². The van der Waals surface area contributed by atoms with Gasteiger partial charge in [0.2, 0.25) is 5.91 Å². The number of carbonyl (C=O) groups is 1. The maximum absolute atomic E-state index is 13.3. The summed E-state index contributed by atoms with van der Waals surface area (Å²) in [5.74, 6) is -0.222. The van der Waals surface area contributed by atoms with Crippen LogP contribution < -0.4 is 5.32 Å². The van der Waals surface area contributed by atoms with E-state index in [9.17, 15) is 45.6 Å². The molecule has 1 amide bonds. The van der Waals surface area contributed by atoms with Gasteiger partial charge in [0.1, 0.15) is 48.8 Å². The van der Waals surface area contributed by atoms with E-state index in [1.54, 1.807) is 0 Å². The zero-order valence-electron chi connectivity index (χ0n) is 50.8. The van der Waals surface area contributed by atoms with Gasteiger partial charge in [-0.3, -0.25) is 4.79 Å². The highest BCUT2D eigenvalue weighted by atomic mass is 16.7. The van der Waals surface area contributed by atoms with Crippen LogP contribution in [-0.2, 0) is 23.7 Å². The van der Waals surface area contributed by atoms with E-state index < -0.39 is 86.8 Å². The van der Waals surface area contributed by atoms with Crippen LogP contribution in [0.4, 0.5) is 0 Å². The second-order valence-electron chi connectivity index (χ2n) is 22.9. The van der Waals surface area contributed by atoms with Crippen LogP contribution in [-0.4, -0.2) is 140 Å². The first-order valence-electron chi connectivity index (χ1n) is 32.7. The lowest BCUT2D eigenvalue weighted by molar-refractivity contribution is -0.359. The molecule has 2 fully saturated rings. The Morgan fingerprint density at radius 3 is 1.31 bits per heavy atom. The van der Waals surface area contributed by atoms with Gasteiger partial charge in [-0.15, -0.1) is 0 Å². The van der Waals surface area contributed by atoms with Crippen LogP contribution in [0.25, 0.3) is 0 Å². The van der Waals surface area contributed by atoms with Crippen molar-refractivity contribution in [3.8, 4) is 0 Å². The predicted octanol–water partition coefficient (Wildman–Crippen LogP) is 12.3. The molecule has 12 unspecified atom stereocenters. The molecule has 2 rings (SSSR count). The minimum absolute atomic E-state index is 0.222. The molecular formula is C67H119NO13. The number of aliphatic hydroxyl groups is 8. The molecule has 0 spiro atoms. The van der Waals surface area contributed by atoms with Crippen LogP contribution in [0.15, 0.2) is 72.9 Å². The van der Waals surface area contributed by atoms with Gasteiger partial charge < -0.3 is 65.1 Å². The van der Waals surface area contributed by atoms with Crippen molar-refractivity contribution in [1.29, 1.82) is 0 Å². The van der Waals surface area contributed by atoms with Crippen molar-refractivity contribution in [2.75, 3.05) is 19.8 Å². The molecule has 2 saturated heterocycles. The Kier molecular flexibility index (Phi) is 47.7. The Balaban J connectivity index is 1.73. The fraction of sp³-hybridized carbons (Fsp3) is 0.806. The van der Waals surface area contributed by atoms with Crippen molar-refractivity contribution in [1.82, 2.24) is 5.32 Å². The van der Waals surface area contributed by atoms with Crippen LogP contribution >= 0.6 is 0 Å². The van der Waals surface area contributed by atoms with Crippen molar-refractivity contribution in [2.45, 2.75) is 325 Å². The summed E-state index contributed by atoms with van der Waals surface area (Å²) in [5.41, 5.74) is 0. The number of carbonyl (C=O) groups excluding carboxylic acids is 1. The Labute approximate surface area is 491 Å². The van der Waals surface area contributed by atoms with Crippen LogP contribution in [0.1, 0.15) is 251 Å². The van der Waals surface area contributed by atoms with E-state index in [1.165, 1.54) is 116 Å². The lowest BCUT2D eigenvalue weighted by atomic mass is 9.97. The molecule has 470 valence electrons.